The average molecular weight is 678 g/mol. The van der Waals surface area contributed by atoms with Crippen LogP contribution in [0.2, 0.25) is 0 Å². The van der Waals surface area contributed by atoms with E-state index in [1.807, 2.05) is 11.3 Å². The summed E-state index contributed by atoms with van der Waals surface area (Å²) in [6.07, 6.45) is 0. The Morgan fingerprint density at radius 3 is 1.81 bits per heavy atom. The molecule has 0 saturated heterocycles. The van der Waals surface area contributed by atoms with Crippen LogP contribution in [0.25, 0.3) is 113 Å². The fourth-order valence-electron chi connectivity index (χ4n) is 8.68. The van der Waals surface area contributed by atoms with Crippen molar-refractivity contribution in [3.05, 3.63) is 164 Å². The van der Waals surface area contributed by atoms with Crippen LogP contribution in [-0.2, 0) is 0 Å². The molecule has 3 nitrogen and oxygen atoms in total. The highest BCUT2D eigenvalue weighted by atomic mass is 32.1. The first-order valence-corrected chi connectivity index (χ1v) is 18.5. The Labute approximate surface area is 301 Å². The molecule has 0 N–H and O–H groups in total. The minimum absolute atomic E-state index is 0.838. The second kappa shape index (κ2) is 10.5. The molecule has 0 spiro atoms. The number of thiophene rings is 1. The van der Waals surface area contributed by atoms with E-state index >= 15 is 0 Å². The number of para-hydroxylation sites is 1. The van der Waals surface area contributed by atoms with E-state index in [4.69, 9.17) is 9.97 Å². The molecular weight excluding hydrogens is 651 g/mol. The molecule has 0 aliphatic heterocycles. The summed E-state index contributed by atoms with van der Waals surface area (Å²) in [7, 11) is 0. The highest BCUT2D eigenvalue weighted by Gasteiger charge is 2.26. The molecule has 52 heavy (non-hydrogen) atoms. The van der Waals surface area contributed by atoms with Crippen LogP contribution in [0.1, 0.15) is 0 Å². The summed E-state index contributed by atoms with van der Waals surface area (Å²) >= 11 is 1.90. The van der Waals surface area contributed by atoms with Crippen LogP contribution in [0.4, 0.5) is 0 Å². The van der Waals surface area contributed by atoms with Crippen molar-refractivity contribution in [1.82, 2.24) is 14.5 Å². The maximum atomic E-state index is 5.73. The van der Waals surface area contributed by atoms with E-state index in [1.54, 1.807) is 0 Å². The lowest BCUT2D eigenvalue weighted by Crippen LogP contribution is -2.04. The number of nitrogens with zero attached hydrogens (tertiary/aromatic N) is 3. The van der Waals surface area contributed by atoms with Gasteiger partial charge in [0.1, 0.15) is 5.69 Å². The maximum absolute atomic E-state index is 5.73. The van der Waals surface area contributed by atoms with Gasteiger partial charge in [-0.05, 0) is 49.8 Å². The third-order valence-electron chi connectivity index (χ3n) is 10.9. The van der Waals surface area contributed by atoms with Gasteiger partial charge in [-0.2, -0.15) is 0 Å². The Bertz CT molecular complexity index is 3470. The molecule has 0 fully saturated rings. The topological polar surface area (TPSA) is 30.7 Å². The Hall–Kier alpha value is -6.62. The molecule has 4 heteroatoms. The molecular formula is C48H27N3S. The first kappa shape index (κ1) is 28.1. The van der Waals surface area contributed by atoms with E-state index in [1.165, 1.54) is 63.4 Å². The summed E-state index contributed by atoms with van der Waals surface area (Å²) in [6.45, 7) is 0. The zero-order valence-electron chi connectivity index (χ0n) is 27.8. The zero-order valence-corrected chi connectivity index (χ0v) is 28.7. The molecule has 3 heterocycles. The van der Waals surface area contributed by atoms with Gasteiger partial charge in [0.15, 0.2) is 5.82 Å². The molecule has 9 aromatic carbocycles. The molecule has 240 valence electrons. The van der Waals surface area contributed by atoms with E-state index in [0.29, 0.717) is 0 Å². The van der Waals surface area contributed by atoms with Gasteiger partial charge >= 0.3 is 0 Å². The van der Waals surface area contributed by atoms with Crippen molar-refractivity contribution in [2.75, 3.05) is 0 Å². The fraction of sp³-hybridized carbons (Fsp3) is 0. The second-order valence-corrected chi connectivity index (χ2v) is 14.7. The Kier molecular flexibility index (Phi) is 5.65. The summed E-state index contributed by atoms with van der Waals surface area (Å²) in [4.78, 5) is 11.3. The number of hydrogen-bond donors (Lipinski definition) is 0. The van der Waals surface area contributed by atoms with Crippen LogP contribution < -0.4 is 0 Å². The predicted octanol–water partition coefficient (Wildman–Crippen LogP) is 13.4. The normalized spacial score (nSPS) is 12.2. The van der Waals surface area contributed by atoms with Crippen LogP contribution in [0.5, 0.6) is 0 Å². The molecule has 0 amide bonds. The summed E-state index contributed by atoms with van der Waals surface area (Å²) in [6, 6.07) is 59.1. The number of benzene rings is 9. The average Bonchev–Trinajstić information content (AvgIpc) is 3.77. The van der Waals surface area contributed by atoms with E-state index in [-0.39, 0.29) is 0 Å². The van der Waals surface area contributed by atoms with Crippen molar-refractivity contribution in [2.45, 2.75) is 0 Å². The monoisotopic (exact) mass is 677 g/mol. The van der Waals surface area contributed by atoms with E-state index in [2.05, 4.69) is 168 Å². The van der Waals surface area contributed by atoms with E-state index < -0.39 is 0 Å². The van der Waals surface area contributed by atoms with Gasteiger partial charge in [0.05, 0.1) is 26.8 Å². The van der Waals surface area contributed by atoms with Gasteiger partial charge < -0.3 is 0 Å². The second-order valence-electron chi connectivity index (χ2n) is 13.7. The minimum atomic E-state index is 0.838. The molecule has 0 bridgehead atoms. The van der Waals surface area contributed by atoms with Gasteiger partial charge in [-0.1, -0.05) is 152 Å². The highest BCUT2D eigenvalue weighted by Crippen LogP contribution is 2.50. The van der Waals surface area contributed by atoms with Crippen molar-refractivity contribution in [2.24, 2.45) is 0 Å². The highest BCUT2D eigenvalue weighted by molar-refractivity contribution is 7.27. The Balaban J connectivity index is 1.35. The lowest BCUT2D eigenvalue weighted by atomic mass is 9.98. The van der Waals surface area contributed by atoms with Gasteiger partial charge in [0.25, 0.3) is 0 Å². The van der Waals surface area contributed by atoms with Gasteiger partial charge in [-0.15, -0.1) is 11.3 Å². The lowest BCUT2D eigenvalue weighted by molar-refractivity contribution is 1.09. The Morgan fingerprint density at radius 2 is 1.00 bits per heavy atom. The third-order valence-corrected chi connectivity index (χ3v) is 12.2. The summed E-state index contributed by atoms with van der Waals surface area (Å²) in [5.74, 6) is 0.838. The molecule has 0 aliphatic carbocycles. The van der Waals surface area contributed by atoms with Gasteiger partial charge in [0.2, 0.25) is 0 Å². The first-order valence-electron chi connectivity index (χ1n) is 17.7. The standard InChI is InChI=1S/C48H27N3S/c1-4-16-31-28(12-1)15-11-22-36(31)44-48(50-43-32-17-5-2-13-29(32)25-27-39(43)49-44)51-40-23-10-9-21-37(40)41-34-19-7-8-20-35(34)42-38-26-24-30-14-3-6-18-33(30)46(38)52-47(42)45(41)51/h1-27H. The van der Waals surface area contributed by atoms with Gasteiger partial charge in [-0.3, -0.25) is 4.57 Å². The number of rotatable bonds is 2. The molecule has 12 rings (SSSR count). The van der Waals surface area contributed by atoms with E-state index in [0.717, 1.165) is 49.8 Å². The zero-order chi connectivity index (χ0) is 33.9. The van der Waals surface area contributed by atoms with Crippen molar-refractivity contribution in [3.8, 4) is 17.1 Å². The predicted molar refractivity (Wildman–Crippen MR) is 222 cm³/mol. The van der Waals surface area contributed by atoms with Crippen molar-refractivity contribution in [3.63, 3.8) is 0 Å². The largest absolute Gasteiger partial charge is 0.290 e. The molecule has 3 aromatic heterocycles. The van der Waals surface area contributed by atoms with Crippen LogP contribution in [-0.4, -0.2) is 14.5 Å². The molecule has 0 unspecified atom stereocenters. The number of aromatic nitrogens is 3. The fourth-order valence-corrected chi connectivity index (χ4v) is 10.1. The minimum Gasteiger partial charge on any atom is -0.290 e. The quantitative estimate of drug-likeness (QED) is 0.171. The summed E-state index contributed by atoms with van der Waals surface area (Å²) in [5, 5.41) is 14.7. The van der Waals surface area contributed by atoms with Crippen LogP contribution in [0.15, 0.2) is 164 Å². The van der Waals surface area contributed by atoms with Crippen LogP contribution >= 0.6 is 11.3 Å². The summed E-state index contributed by atoms with van der Waals surface area (Å²) in [5.41, 5.74) is 6.02. The number of hydrogen-bond acceptors (Lipinski definition) is 3. The summed E-state index contributed by atoms with van der Waals surface area (Å²) < 4.78 is 5.01. The van der Waals surface area contributed by atoms with Crippen LogP contribution in [0, 0.1) is 0 Å². The van der Waals surface area contributed by atoms with Crippen molar-refractivity contribution >= 4 is 107 Å². The molecule has 0 aliphatic rings. The molecule has 0 saturated carbocycles. The van der Waals surface area contributed by atoms with Crippen LogP contribution in [0.3, 0.4) is 0 Å². The van der Waals surface area contributed by atoms with Gasteiger partial charge in [-0.25, -0.2) is 9.97 Å². The van der Waals surface area contributed by atoms with E-state index in [9.17, 15) is 0 Å². The SMILES string of the molecule is c1ccc2c(-c3nc4ccc5ccccc5c4nc3-n3c4ccccc4c4c5ccccc5c5c6ccc7ccccc7c6sc5c43)cccc2c1. The molecule has 0 atom stereocenters. The van der Waals surface area contributed by atoms with Crippen molar-refractivity contribution in [1.29, 1.82) is 0 Å². The van der Waals surface area contributed by atoms with Crippen molar-refractivity contribution < 1.29 is 0 Å². The third kappa shape index (κ3) is 3.74. The van der Waals surface area contributed by atoms with Gasteiger partial charge in [0, 0.05) is 37.2 Å². The lowest BCUT2D eigenvalue weighted by Gasteiger charge is -2.16. The molecule has 0 radical (unpaired) electrons. The smallest absolute Gasteiger partial charge is 0.165 e. The number of fused-ring (bicyclic) bond motifs is 16. The first-order chi connectivity index (χ1) is 25.8. The Morgan fingerprint density at radius 1 is 0.404 bits per heavy atom. The maximum Gasteiger partial charge on any atom is 0.165 e. The molecule has 12 aromatic rings.